The quantitative estimate of drug-likeness (QED) is 0.790. The lowest BCUT2D eigenvalue weighted by atomic mass is 10.00. The number of rotatable bonds is 3. The van der Waals surface area contributed by atoms with Crippen LogP contribution in [0, 0.1) is 13.8 Å². The van der Waals surface area contributed by atoms with Crippen LogP contribution in [0.2, 0.25) is 0 Å². The van der Waals surface area contributed by atoms with Gasteiger partial charge in [-0.1, -0.05) is 0 Å². The highest BCUT2D eigenvalue weighted by Gasteiger charge is 2.13. The Morgan fingerprint density at radius 3 is 2.75 bits per heavy atom. The van der Waals surface area contributed by atoms with Crippen molar-refractivity contribution < 1.29 is 9.53 Å². The average molecular weight is 217 g/mol. The van der Waals surface area contributed by atoms with Gasteiger partial charge in [-0.25, -0.2) is 0 Å². The van der Waals surface area contributed by atoms with E-state index in [0.717, 1.165) is 41.2 Å². The first kappa shape index (κ1) is 10.7. The Labute approximate surface area is 95.1 Å². The monoisotopic (exact) mass is 217 g/mol. The summed E-state index contributed by atoms with van der Waals surface area (Å²) in [6, 6.07) is 3.90. The molecule has 0 atom stereocenters. The third-order valence-electron chi connectivity index (χ3n) is 2.97. The summed E-state index contributed by atoms with van der Waals surface area (Å²) in [5.74, 6) is 0.957. The molecule has 1 aliphatic heterocycles. The molecule has 16 heavy (non-hydrogen) atoms. The van der Waals surface area contributed by atoms with Crippen LogP contribution in [0.4, 0.5) is 5.69 Å². The summed E-state index contributed by atoms with van der Waals surface area (Å²) in [4.78, 5) is 10.4. The van der Waals surface area contributed by atoms with Gasteiger partial charge in [0.25, 0.3) is 0 Å². The van der Waals surface area contributed by atoms with Gasteiger partial charge >= 0.3 is 0 Å². The van der Waals surface area contributed by atoms with Crippen LogP contribution in [0.5, 0.6) is 0 Å². The van der Waals surface area contributed by atoms with Crippen LogP contribution in [0.25, 0.3) is 5.76 Å². The number of ether oxygens (including phenoxy) is 1. The van der Waals surface area contributed by atoms with Crippen LogP contribution >= 0.6 is 0 Å². The second-order valence-electron chi connectivity index (χ2n) is 3.88. The van der Waals surface area contributed by atoms with Gasteiger partial charge in [0.15, 0.2) is 0 Å². The first-order chi connectivity index (χ1) is 7.74. The molecule has 1 aromatic carbocycles. The lowest BCUT2D eigenvalue weighted by Crippen LogP contribution is -2.00. The minimum Gasteiger partial charge on any atom is -0.493 e. The first-order valence-electron chi connectivity index (χ1n) is 5.37. The predicted octanol–water partition coefficient (Wildman–Crippen LogP) is 2.63. The van der Waals surface area contributed by atoms with E-state index < -0.39 is 0 Å². The lowest BCUT2D eigenvalue weighted by molar-refractivity contribution is -0.105. The SMILES string of the molecule is Cc1c(NC=O)ccc(C2=CCCO2)c1C. The number of anilines is 1. The maximum Gasteiger partial charge on any atom is 0.211 e. The highest BCUT2D eigenvalue weighted by Crippen LogP contribution is 2.29. The van der Waals surface area contributed by atoms with Gasteiger partial charge in [0.2, 0.25) is 6.41 Å². The van der Waals surface area contributed by atoms with E-state index in [1.807, 2.05) is 26.0 Å². The van der Waals surface area contributed by atoms with E-state index in [4.69, 9.17) is 4.74 Å². The van der Waals surface area contributed by atoms with Gasteiger partial charge < -0.3 is 10.1 Å². The zero-order valence-corrected chi connectivity index (χ0v) is 9.54. The van der Waals surface area contributed by atoms with Crippen molar-refractivity contribution in [1.29, 1.82) is 0 Å². The molecule has 1 amide bonds. The molecule has 2 rings (SSSR count). The Morgan fingerprint density at radius 1 is 1.31 bits per heavy atom. The third-order valence-corrected chi connectivity index (χ3v) is 2.97. The summed E-state index contributed by atoms with van der Waals surface area (Å²) in [6.07, 6.45) is 3.78. The van der Waals surface area contributed by atoms with Gasteiger partial charge in [0.05, 0.1) is 6.61 Å². The molecule has 1 N–H and O–H groups in total. The van der Waals surface area contributed by atoms with Crippen LogP contribution in [-0.2, 0) is 9.53 Å². The van der Waals surface area contributed by atoms with Gasteiger partial charge in [-0.05, 0) is 43.2 Å². The van der Waals surface area contributed by atoms with Gasteiger partial charge in [-0.3, -0.25) is 4.79 Å². The van der Waals surface area contributed by atoms with Crippen molar-refractivity contribution in [3.05, 3.63) is 34.9 Å². The standard InChI is InChI=1S/C13H15NO2/c1-9-10(2)12(14-8-15)6-5-11(9)13-4-3-7-16-13/h4-6,8H,3,7H2,1-2H3,(H,14,15). The van der Waals surface area contributed by atoms with E-state index in [0.29, 0.717) is 6.41 Å². The largest absolute Gasteiger partial charge is 0.493 e. The summed E-state index contributed by atoms with van der Waals surface area (Å²) in [5, 5.41) is 2.69. The van der Waals surface area contributed by atoms with Crippen molar-refractivity contribution in [3.63, 3.8) is 0 Å². The third kappa shape index (κ3) is 1.81. The number of carbonyl (C=O) groups excluding carboxylic acids is 1. The number of amides is 1. The Balaban J connectivity index is 2.41. The second kappa shape index (κ2) is 4.39. The molecule has 0 aliphatic carbocycles. The van der Waals surface area contributed by atoms with Crippen LogP contribution in [0.3, 0.4) is 0 Å². The fourth-order valence-electron chi connectivity index (χ4n) is 1.91. The lowest BCUT2D eigenvalue weighted by Gasteiger charge is -2.13. The Morgan fingerprint density at radius 2 is 2.12 bits per heavy atom. The molecule has 0 saturated carbocycles. The Hall–Kier alpha value is -1.77. The molecule has 3 heteroatoms. The summed E-state index contributed by atoms with van der Waals surface area (Å²) >= 11 is 0. The van der Waals surface area contributed by atoms with Crippen LogP contribution in [0.1, 0.15) is 23.1 Å². The summed E-state index contributed by atoms with van der Waals surface area (Å²) in [6.45, 7) is 4.81. The van der Waals surface area contributed by atoms with Gasteiger partial charge in [0, 0.05) is 17.7 Å². The number of hydrogen-bond donors (Lipinski definition) is 1. The topological polar surface area (TPSA) is 38.3 Å². The molecule has 84 valence electrons. The molecule has 1 heterocycles. The molecule has 1 aliphatic rings. The van der Waals surface area contributed by atoms with Gasteiger partial charge in [-0.15, -0.1) is 0 Å². The maximum absolute atomic E-state index is 10.4. The molecule has 0 saturated heterocycles. The van der Waals surface area contributed by atoms with Gasteiger partial charge in [-0.2, -0.15) is 0 Å². The van der Waals surface area contributed by atoms with E-state index in [1.165, 1.54) is 0 Å². The van der Waals surface area contributed by atoms with Gasteiger partial charge in [0.1, 0.15) is 5.76 Å². The van der Waals surface area contributed by atoms with E-state index in [1.54, 1.807) is 0 Å². The number of benzene rings is 1. The fraction of sp³-hybridized carbons (Fsp3) is 0.308. The second-order valence-corrected chi connectivity index (χ2v) is 3.88. The smallest absolute Gasteiger partial charge is 0.211 e. The molecule has 0 fully saturated rings. The van der Waals surface area contributed by atoms with Crippen molar-refractivity contribution in [2.45, 2.75) is 20.3 Å². The Kier molecular flexibility index (Phi) is 2.95. The van der Waals surface area contributed by atoms with Crippen molar-refractivity contribution >= 4 is 17.9 Å². The molecule has 1 aromatic rings. The van der Waals surface area contributed by atoms with E-state index >= 15 is 0 Å². The van der Waals surface area contributed by atoms with Crippen LogP contribution < -0.4 is 5.32 Å². The van der Waals surface area contributed by atoms with Crippen LogP contribution in [-0.4, -0.2) is 13.0 Å². The summed E-state index contributed by atoms with van der Waals surface area (Å²) in [7, 11) is 0. The zero-order valence-electron chi connectivity index (χ0n) is 9.54. The molecule has 0 aromatic heterocycles. The average Bonchev–Trinajstić information content (AvgIpc) is 2.79. The highest BCUT2D eigenvalue weighted by molar-refractivity contribution is 5.77. The van der Waals surface area contributed by atoms with Crippen molar-refractivity contribution in [3.8, 4) is 0 Å². The van der Waals surface area contributed by atoms with E-state index in [9.17, 15) is 4.79 Å². The molecule has 0 radical (unpaired) electrons. The molecular formula is C13H15NO2. The fourth-order valence-corrected chi connectivity index (χ4v) is 1.91. The molecule has 0 bridgehead atoms. The van der Waals surface area contributed by atoms with Crippen molar-refractivity contribution in [2.24, 2.45) is 0 Å². The van der Waals surface area contributed by atoms with Crippen molar-refractivity contribution in [2.75, 3.05) is 11.9 Å². The molecule has 0 unspecified atom stereocenters. The molecular weight excluding hydrogens is 202 g/mol. The van der Waals surface area contributed by atoms with Crippen molar-refractivity contribution in [1.82, 2.24) is 0 Å². The van der Waals surface area contributed by atoms with Crippen LogP contribution in [0.15, 0.2) is 18.2 Å². The first-order valence-corrected chi connectivity index (χ1v) is 5.37. The molecule has 0 spiro atoms. The predicted molar refractivity (Wildman–Crippen MR) is 64.1 cm³/mol. The minimum absolute atomic E-state index is 0.701. The Bertz CT molecular complexity index is 449. The number of hydrogen-bond acceptors (Lipinski definition) is 2. The number of nitrogens with one attached hydrogen (secondary N) is 1. The molecule has 3 nitrogen and oxygen atoms in total. The summed E-state index contributed by atoms with van der Waals surface area (Å²) < 4.78 is 5.55. The number of carbonyl (C=O) groups is 1. The normalized spacial score (nSPS) is 14.2. The van der Waals surface area contributed by atoms with E-state index in [-0.39, 0.29) is 0 Å². The minimum atomic E-state index is 0.701. The van der Waals surface area contributed by atoms with E-state index in [2.05, 4.69) is 11.4 Å². The zero-order chi connectivity index (χ0) is 11.5. The summed E-state index contributed by atoms with van der Waals surface area (Å²) in [5.41, 5.74) is 4.21. The maximum atomic E-state index is 10.4. The highest BCUT2D eigenvalue weighted by atomic mass is 16.5.